The minimum absolute atomic E-state index is 0.00367. The van der Waals surface area contributed by atoms with Crippen molar-refractivity contribution < 1.29 is 38.1 Å². The van der Waals surface area contributed by atoms with Gasteiger partial charge >= 0.3 is 12.1 Å². The van der Waals surface area contributed by atoms with Crippen LogP contribution in [0.3, 0.4) is 0 Å². The number of pyridine rings is 1. The van der Waals surface area contributed by atoms with Crippen molar-refractivity contribution >= 4 is 30.4 Å². The molecule has 0 aliphatic heterocycles. The van der Waals surface area contributed by atoms with Gasteiger partial charge in [-0.15, -0.1) is 0 Å². The molecule has 1 aromatic heterocycles. The molecule has 10 heteroatoms. The van der Waals surface area contributed by atoms with Crippen LogP contribution in [0.5, 0.6) is 5.75 Å². The van der Waals surface area contributed by atoms with Crippen LogP contribution in [0.15, 0.2) is 30.8 Å². The van der Waals surface area contributed by atoms with Crippen molar-refractivity contribution in [3.05, 3.63) is 53.4 Å². The molecule has 2 aliphatic carbocycles. The Hall–Kier alpha value is -4.21. The zero-order valence-corrected chi connectivity index (χ0v) is 22.8. The number of rotatable bonds is 11. The average molecular weight is 551 g/mol. The van der Waals surface area contributed by atoms with Crippen LogP contribution in [-0.4, -0.2) is 55.4 Å². The van der Waals surface area contributed by atoms with Crippen LogP contribution in [0.2, 0.25) is 0 Å². The standard InChI is InChI=1S/C30H34N2O8/c1-4-20-14-21(17-33)24(15-26(20)37-3)23-12-13-25(28(34)31-16-19-10-11-19)32-27(23)29(35)38-18(2)39-30(36)40-22-8-6-5-7-9-22/h4,12-15,17-19,22H,1,5-11,16H2,2-3H3,(H,31,34). The topological polar surface area (TPSA) is 130 Å². The molecule has 0 saturated heterocycles. The molecule has 0 radical (unpaired) electrons. The van der Waals surface area contributed by atoms with Crippen molar-refractivity contribution in [2.24, 2.45) is 5.92 Å². The highest BCUT2D eigenvalue weighted by atomic mass is 16.8. The number of esters is 1. The maximum absolute atomic E-state index is 13.4. The maximum Gasteiger partial charge on any atom is 0.511 e. The summed E-state index contributed by atoms with van der Waals surface area (Å²) in [7, 11) is 1.47. The zero-order valence-electron chi connectivity index (χ0n) is 22.8. The molecule has 0 spiro atoms. The minimum Gasteiger partial charge on any atom is -0.496 e. The fourth-order valence-electron chi connectivity index (χ4n) is 4.60. The summed E-state index contributed by atoms with van der Waals surface area (Å²) in [4.78, 5) is 54.7. The van der Waals surface area contributed by atoms with Crippen LogP contribution in [-0.2, 0) is 14.2 Å². The maximum atomic E-state index is 13.4. The van der Waals surface area contributed by atoms with Gasteiger partial charge in [0.1, 0.15) is 17.5 Å². The number of hydrogen-bond donors (Lipinski definition) is 1. The van der Waals surface area contributed by atoms with Crippen molar-refractivity contribution in [2.75, 3.05) is 13.7 Å². The van der Waals surface area contributed by atoms with Crippen LogP contribution in [0.25, 0.3) is 17.2 Å². The normalized spacial score (nSPS) is 15.8. The number of ether oxygens (including phenoxy) is 4. The summed E-state index contributed by atoms with van der Waals surface area (Å²) < 4.78 is 21.3. The summed E-state index contributed by atoms with van der Waals surface area (Å²) >= 11 is 0. The summed E-state index contributed by atoms with van der Waals surface area (Å²) in [5.74, 6) is -0.523. The van der Waals surface area contributed by atoms with E-state index in [2.05, 4.69) is 16.9 Å². The van der Waals surface area contributed by atoms with Gasteiger partial charge in [-0.1, -0.05) is 19.1 Å². The third-order valence-electron chi connectivity index (χ3n) is 6.96. The molecule has 1 unspecified atom stereocenters. The van der Waals surface area contributed by atoms with Crippen LogP contribution in [0, 0.1) is 5.92 Å². The molecule has 2 aliphatic rings. The van der Waals surface area contributed by atoms with Crippen LogP contribution < -0.4 is 10.1 Å². The Kier molecular flexibility index (Phi) is 9.52. The van der Waals surface area contributed by atoms with Gasteiger partial charge in [0.2, 0.25) is 6.29 Å². The Labute approximate surface area is 233 Å². The third kappa shape index (κ3) is 7.25. The average Bonchev–Trinajstić information content (AvgIpc) is 3.79. The molecular weight excluding hydrogens is 516 g/mol. The molecule has 1 amide bonds. The van der Waals surface area contributed by atoms with Gasteiger partial charge in [0.15, 0.2) is 12.0 Å². The minimum atomic E-state index is -1.30. The van der Waals surface area contributed by atoms with Crippen molar-refractivity contribution in [3.63, 3.8) is 0 Å². The molecule has 1 heterocycles. The Morgan fingerprint density at radius 1 is 1.05 bits per heavy atom. The summed E-state index contributed by atoms with van der Waals surface area (Å²) in [6, 6.07) is 6.15. The first-order chi connectivity index (χ1) is 19.3. The first-order valence-corrected chi connectivity index (χ1v) is 13.5. The van der Waals surface area contributed by atoms with Gasteiger partial charge in [0, 0.05) is 30.2 Å². The highest BCUT2D eigenvalue weighted by molar-refractivity contribution is 6.01. The van der Waals surface area contributed by atoms with Gasteiger partial charge in [-0.2, -0.15) is 0 Å². The van der Waals surface area contributed by atoms with Crippen molar-refractivity contribution in [2.45, 2.75) is 64.3 Å². The SMILES string of the molecule is C=Cc1cc(C=O)c(-c2ccc(C(=O)NCC3CC3)nc2C(=O)OC(C)OC(=O)OC2CCCCC2)cc1OC. The fraction of sp³-hybridized carbons (Fsp3) is 0.433. The molecular formula is C30H34N2O8. The first kappa shape index (κ1) is 28.8. The second kappa shape index (κ2) is 13.2. The van der Waals surface area contributed by atoms with E-state index in [9.17, 15) is 19.2 Å². The van der Waals surface area contributed by atoms with Gasteiger partial charge < -0.3 is 24.3 Å². The molecule has 212 valence electrons. The summed E-state index contributed by atoms with van der Waals surface area (Å²) in [5, 5.41) is 2.82. The first-order valence-electron chi connectivity index (χ1n) is 13.5. The van der Waals surface area contributed by atoms with E-state index in [1.54, 1.807) is 18.2 Å². The van der Waals surface area contributed by atoms with Crippen molar-refractivity contribution in [1.29, 1.82) is 0 Å². The third-order valence-corrected chi connectivity index (χ3v) is 6.96. The lowest BCUT2D eigenvalue weighted by molar-refractivity contribution is -0.0917. The number of aromatic nitrogens is 1. The highest BCUT2D eigenvalue weighted by Gasteiger charge is 2.27. The van der Waals surface area contributed by atoms with E-state index in [-0.39, 0.29) is 28.6 Å². The largest absolute Gasteiger partial charge is 0.511 e. The molecule has 1 N–H and O–H groups in total. The predicted molar refractivity (Wildman–Crippen MR) is 146 cm³/mol. The molecule has 1 aromatic carbocycles. The number of benzene rings is 1. The zero-order chi connectivity index (χ0) is 28.6. The number of carbonyl (C=O) groups excluding carboxylic acids is 4. The predicted octanol–water partition coefficient (Wildman–Crippen LogP) is 5.34. The van der Waals surface area contributed by atoms with E-state index in [4.69, 9.17) is 18.9 Å². The second-order valence-corrected chi connectivity index (χ2v) is 9.97. The molecule has 2 aromatic rings. The lowest BCUT2D eigenvalue weighted by Crippen LogP contribution is -2.28. The van der Waals surface area contributed by atoms with Gasteiger partial charge in [-0.3, -0.25) is 9.59 Å². The van der Waals surface area contributed by atoms with Gasteiger partial charge in [-0.25, -0.2) is 14.6 Å². The van der Waals surface area contributed by atoms with Gasteiger partial charge in [0.05, 0.1) is 7.11 Å². The monoisotopic (exact) mass is 550 g/mol. The van der Waals surface area contributed by atoms with Gasteiger partial charge in [0.25, 0.3) is 5.91 Å². The Morgan fingerprint density at radius 3 is 2.45 bits per heavy atom. The number of carbonyl (C=O) groups is 4. The molecule has 1 atom stereocenters. The number of nitrogens with zero attached hydrogens (tertiary/aromatic N) is 1. The second-order valence-electron chi connectivity index (χ2n) is 9.97. The Morgan fingerprint density at radius 2 is 1.80 bits per heavy atom. The molecule has 10 nitrogen and oxygen atoms in total. The molecule has 40 heavy (non-hydrogen) atoms. The Bertz CT molecular complexity index is 1280. The van der Waals surface area contributed by atoms with Crippen LogP contribution in [0.4, 0.5) is 4.79 Å². The van der Waals surface area contributed by atoms with Gasteiger partial charge in [-0.05, 0) is 74.3 Å². The quantitative estimate of drug-likeness (QED) is 0.224. The van der Waals surface area contributed by atoms with Crippen molar-refractivity contribution in [3.8, 4) is 16.9 Å². The number of amides is 1. The summed E-state index contributed by atoms with van der Waals surface area (Å²) in [6.45, 7) is 5.64. The summed E-state index contributed by atoms with van der Waals surface area (Å²) in [5.41, 5.74) is 1.18. The lowest BCUT2D eigenvalue weighted by atomic mass is 9.95. The molecule has 0 bridgehead atoms. The Balaban J connectivity index is 1.61. The number of methoxy groups -OCH3 is 1. The highest BCUT2D eigenvalue weighted by Crippen LogP contribution is 2.33. The fourth-order valence-corrected chi connectivity index (χ4v) is 4.60. The molecule has 2 fully saturated rings. The molecule has 4 rings (SSSR count). The number of aldehydes is 1. The molecule has 2 saturated carbocycles. The van der Waals surface area contributed by atoms with Crippen molar-refractivity contribution in [1.82, 2.24) is 10.3 Å². The summed E-state index contributed by atoms with van der Waals surface area (Å²) in [6.07, 6.45) is 6.43. The lowest BCUT2D eigenvalue weighted by Gasteiger charge is -2.22. The van der Waals surface area contributed by atoms with Crippen LogP contribution >= 0.6 is 0 Å². The van der Waals surface area contributed by atoms with E-state index < -0.39 is 24.3 Å². The van der Waals surface area contributed by atoms with E-state index in [1.807, 2.05) is 0 Å². The smallest absolute Gasteiger partial charge is 0.496 e. The van der Waals surface area contributed by atoms with E-state index >= 15 is 0 Å². The van der Waals surface area contributed by atoms with E-state index in [0.717, 1.165) is 44.9 Å². The number of hydrogen-bond acceptors (Lipinski definition) is 9. The number of nitrogens with one attached hydrogen (secondary N) is 1. The van der Waals surface area contributed by atoms with E-state index in [0.29, 0.717) is 35.6 Å². The van der Waals surface area contributed by atoms with E-state index in [1.165, 1.54) is 26.2 Å². The van der Waals surface area contributed by atoms with Crippen LogP contribution in [0.1, 0.15) is 88.8 Å².